The molecule has 0 atom stereocenters. The lowest BCUT2D eigenvalue weighted by atomic mass is 10.0. The maximum atomic E-state index is 12.6. The Kier molecular flexibility index (Phi) is 5.81. The highest BCUT2D eigenvalue weighted by Crippen LogP contribution is 2.40. The Hall–Kier alpha value is -0.710. The van der Waals surface area contributed by atoms with Crippen molar-refractivity contribution in [3.8, 4) is 0 Å². The van der Waals surface area contributed by atoms with Gasteiger partial charge in [0, 0.05) is 21.2 Å². The third-order valence-electron chi connectivity index (χ3n) is 2.90. The molecule has 2 nitrogen and oxygen atoms in total. The summed E-state index contributed by atoms with van der Waals surface area (Å²) in [7, 11) is 6.21. The summed E-state index contributed by atoms with van der Waals surface area (Å²) < 4.78 is -1.96. The van der Waals surface area contributed by atoms with Crippen LogP contribution in [0.3, 0.4) is 0 Å². The van der Waals surface area contributed by atoms with Gasteiger partial charge in [-0.05, 0) is 70.2 Å². The van der Waals surface area contributed by atoms with Crippen LogP contribution in [0.4, 0.5) is 0 Å². The van der Waals surface area contributed by atoms with Crippen molar-refractivity contribution in [3.05, 3.63) is 69.7 Å². The lowest BCUT2D eigenvalue weighted by molar-refractivity contribution is 0.0884. The van der Waals surface area contributed by atoms with Crippen LogP contribution in [0.2, 0.25) is 10.0 Å². The molecule has 0 aliphatic carbocycles. The van der Waals surface area contributed by atoms with Crippen molar-refractivity contribution in [2.75, 3.05) is 0 Å². The number of alkyl halides is 1. The van der Waals surface area contributed by atoms with Crippen LogP contribution in [0.15, 0.2) is 48.5 Å². The number of benzene rings is 2. The summed E-state index contributed by atoms with van der Waals surface area (Å²) in [6, 6.07) is 12.1. The monoisotopic (exact) mass is 392 g/mol. The zero-order valence-electron chi connectivity index (χ0n) is 10.9. The molecule has 22 heavy (non-hydrogen) atoms. The molecule has 2 rings (SSSR count). The first-order chi connectivity index (χ1) is 10.4. The van der Waals surface area contributed by atoms with Gasteiger partial charge in [0.15, 0.2) is 0 Å². The van der Waals surface area contributed by atoms with E-state index in [-0.39, 0.29) is 11.1 Å². The number of carbonyl (C=O) groups is 2. The molecule has 0 aliphatic rings. The molecule has 0 bridgehead atoms. The minimum absolute atomic E-state index is 0.245. The number of rotatable bonds is 5. The SMILES string of the molecule is O=C(c1ccc(Cl)cc1)C(Cl)(SCl)C(=O)c1ccc(Cl)cc1. The largest absolute Gasteiger partial charge is 0.291 e. The molecule has 7 heteroatoms. The first kappa shape index (κ1) is 17.6. The van der Waals surface area contributed by atoms with E-state index in [1.54, 1.807) is 0 Å². The molecular formula is C15H8Cl4O2S. The normalized spacial score (nSPS) is 11.3. The summed E-state index contributed by atoms with van der Waals surface area (Å²) in [4.78, 5) is 25.1. The van der Waals surface area contributed by atoms with Gasteiger partial charge >= 0.3 is 0 Å². The third kappa shape index (κ3) is 3.61. The molecule has 0 N–H and O–H groups in total. The van der Waals surface area contributed by atoms with Gasteiger partial charge in [-0.15, -0.1) is 0 Å². The average molecular weight is 394 g/mol. The molecule has 114 valence electrons. The van der Waals surface area contributed by atoms with E-state index < -0.39 is 15.8 Å². The molecular weight excluding hydrogens is 386 g/mol. The Morgan fingerprint density at radius 3 is 1.36 bits per heavy atom. The second-order valence-corrected chi connectivity index (χ2v) is 7.24. The van der Waals surface area contributed by atoms with Gasteiger partial charge in [-0.3, -0.25) is 9.59 Å². The predicted molar refractivity (Wildman–Crippen MR) is 93.6 cm³/mol. The Labute approximate surface area is 151 Å². The molecule has 0 amide bonds. The molecule has 0 spiro atoms. The Morgan fingerprint density at radius 1 is 0.773 bits per heavy atom. The van der Waals surface area contributed by atoms with Gasteiger partial charge < -0.3 is 0 Å². The van der Waals surface area contributed by atoms with E-state index in [9.17, 15) is 9.59 Å². The van der Waals surface area contributed by atoms with Gasteiger partial charge in [0.2, 0.25) is 15.8 Å². The van der Waals surface area contributed by atoms with Crippen molar-refractivity contribution >= 4 is 68.0 Å². The molecule has 0 aromatic heterocycles. The molecule has 0 radical (unpaired) electrons. The number of hydrogen-bond acceptors (Lipinski definition) is 3. The molecule has 0 saturated heterocycles. The minimum atomic E-state index is -1.96. The fourth-order valence-corrected chi connectivity index (χ4v) is 3.01. The quantitative estimate of drug-likeness (QED) is 0.361. The van der Waals surface area contributed by atoms with Gasteiger partial charge in [-0.1, -0.05) is 34.8 Å². The number of ketones is 2. The average Bonchev–Trinajstić information content (AvgIpc) is 2.54. The second kappa shape index (κ2) is 7.24. The molecule has 0 unspecified atom stereocenters. The fourth-order valence-electron chi connectivity index (χ4n) is 1.75. The van der Waals surface area contributed by atoms with Crippen LogP contribution in [-0.2, 0) is 0 Å². The maximum Gasteiger partial charge on any atom is 0.229 e. The van der Waals surface area contributed by atoms with E-state index in [1.807, 2.05) is 0 Å². The van der Waals surface area contributed by atoms with Crippen molar-refractivity contribution in [2.24, 2.45) is 0 Å². The zero-order valence-corrected chi connectivity index (χ0v) is 14.7. The van der Waals surface area contributed by atoms with Crippen LogP contribution in [0.5, 0.6) is 0 Å². The van der Waals surface area contributed by atoms with E-state index in [1.165, 1.54) is 48.5 Å². The second-order valence-electron chi connectivity index (χ2n) is 4.34. The number of Topliss-reactive ketones (excluding diaryl/α,β-unsaturated/α-hetero) is 2. The van der Waals surface area contributed by atoms with Crippen LogP contribution in [0, 0.1) is 0 Å². The van der Waals surface area contributed by atoms with Gasteiger partial charge in [0.1, 0.15) is 0 Å². The highest BCUT2D eigenvalue weighted by molar-refractivity contribution is 8.24. The molecule has 2 aromatic rings. The lowest BCUT2D eigenvalue weighted by Crippen LogP contribution is -2.37. The van der Waals surface area contributed by atoms with Crippen molar-refractivity contribution in [1.29, 1.82) is 0 Å². The maximum absolute atomic E-state index is 12.6. The summed E-state index contributed by atoms with van der Waals surface area (Å²) in [5.74, 6) is -1.21. The van der Waals surface area contributed by atoms with Gasteiger partial charge in [0.05, 0.1) is 0 Å². The van der Waals surface area contributed by atoms with Crippen LogP contribution in [-0.4, -0.2) is 15.8 Å². The van der Waals surface area contributed by atoms with Gasteiger partial charge in [-0.2, -0.15) is 0 Å². The smallest absolute Gasteiger partial charge is 0.229 e. The van der Waals surface area contributed by atoms with Crippen molar-refractivity contribution in [3.63, 3.8) is 0 Å². The van der Waals surface area contributed by atoms with E-state index in [0.29, 0.717) is 21.0 Å². The number of carbonyl (C=O) groups excluding carboxylic acids is 2. The highest BCUT2D eigenvalue weighted by atomic mass is 35.7. The number of halogens is 4. The zero-order chi connectivity index (χ0) is 16.3. The van der Waals surface area contributed by atoms with Crippen LogP contribution in [0.25, 0.3) is 0 Å². The van der Waals surface area contributed by atoms with Crippen molar-refractivity contribution in [2.45, 2.75) is 4.21 Å². The third-order valence-corrected chi connectivity index (χ3v) is 5.50. The van der Waals surface area contributed by atoms with Crippen LogP contribution >= 0.6 is 56.5 Å². The van der Waals surface area contributed by atoms with Gasteiger partial charge in [0.25, 0.3) is 0 Å². The van der Waals surface area contributed by atoms with Crippen molar-refractivity contribution in [1.82, 2.24) is 0 Å². The highest BCUT2D eigenvalue weighted by Gasteiger charge is 2.45. The molecule has 2 aromatic carbocycles. The summed E-state index contributed by atoms with van der Waals surface area (Å²) in [5, 5.41) is 0.943. The number of hydrogen-bond donors (Lipinski definition) is 0. The molecule has 0 heterocycles. The van der Waals surface area contributed by atoms with Crippen molar-refractivity contribution < 1.29 is 9.59 Å². The Balaban J connectivity index is 2.38. The first-order valence-corrected chi connectivity index (χ1v) is 8.75. The summed E-state index contributed by atoms with van der Waals surface area (Å²) >= 11 is 17.8. The summed E-state index contributed by atoms with van der Waals surface area (Å²) in [6.45, 7) is 0. The van der Waals surface area contributed by atoms with E-state index in [0.717, 1.165) is 0 Å². The van der Waals surface area contributed by atoms with Crippen LogP contribution < -0.4 is 0 Å². The van der Waals surface area contributed by atoms with E-state index >= 15 is 0 Å². The predicted octanol–water partition coefficient (Wildman–Crippen LogP) is 5.88. The Bertz CT molecular complexity index is 641. The van der Waals surface area contributed by atoms with Crippen LogP contribution in [0.1, 0.15) is 20.7 Å². The molecule has 0 fully saturated rings. The summed E-state index contributed by atoms with van der Waals surface area (Å²) in [5.41, 5.74) is 0.490. The van der Waals surface area contributed by atoms with E-state index in [4.69, 9.17) is 45.5 Å². The standard InChI is InChI=1S/C15H8Cl4O2S/c16-11-5-1-9(2-6-11)13(20)15(18,22-19)14(21)10-3-7-12(17)8-4-10/h1-8H. The topological polar surface area (TPSA) is 34.1 Å². The molecule has 0 saturated carbocycles. The summed E-state index contributed by atoms with van der Waals surface area (Å²) in [6.07, 6.45) is 0. The Morgan fingerprint density at radius 2 is 1.09 bits per heavy atom. The minimum Gasteiger partial charge on any atom is -0.291 e. The lowest BCUT2D eigenvalue weighted by Gasteiger charge is -2.20. The molecule has 0 aliphatic heterocycles. The van der Waals surface area contributed by atoms with E-state index in [2.05, 4.69) is 0 Å². The fraction of sp³-hybridized carbons (Fsp3) is 0.0667. The first-order valence-electron chi connectivity index (χ1n) is 5.98. The van der Waals surface area contributed by atoms with Gasteiger partial charge in [-0.25, -0.2) is 0 Å².